The summed E-state index contributed by atoms with van der Waals surface area (Å²) >= 11 is 1.46. The SMILES string of the molecule is Cc1cc2nc(/C=C/c3ccc(OC(F)F)cc3OC(F)F)sc2cc1C. The van der Waals surface area contributed by atoms with Gasteiger partial charge < -0.3 is 9.47 Å². The fourth-order valence-corrected chi connectivity index (χ4v) is 3.41. The summed E-state index contributed by atoms with van der Waals surface area (Å²) in [4.78, 5) is 4.50. The number of hydrogen-bond acceptors (Lipinski definition) is 4. The van der Waals surface area contributed by atoms with Gasteiger partial charge in [0.2, 0.25) is 0 Å². The molecule has 27 heavy (non-hydrogen) atoms. The minimum Gasteiger partial charge on any atom is -0.435 e. The number of alkyl halides is 4. The van der Waals surface area contributed by atoms with E-state index in [0.717, 1.165) is 27.4 Å². The van der Waals surface area contributed by atoms with Crippen LogP contribution in [-0.2, 0) is 0 Å². The summed E-state index contributed by atoms with van der Waals surface area (Å²) in [5.41, 5.74) is 3.44. The zero-order valence-electron chi connectivity index (χ0n) is 14.4. The van der Waals surface area contributed by atoms with E-state index in [-0.39, 0.29) is 11.5 Å². The van der Waals surface area contributed by atoms with E-state index in [1.807, 2.05) is 26.0 Å². The molecule has 0 aliphatic rings. The van der Waals surface area contributed by atoms with Crippen molar-refractivity contribution < 1.29 is 27.0 Å². The normalized spacial score (nSPS) is 11.9. The van der Waals surface area contributed by atoms with Gasteiger partial charge in [-0.25, -0.2) is 4.98 Å². The Kier molecular flexibility index (Phi) is 5.65. The van der Waals surface area contributed by atoms with Gasteiger partial charge in [-0.05, 0) is 61.4 Å². The fourth-order valence-electron chi connectivity index (χ4n) is 2.46. The number of aryl methyl sites for hydroxylation is 2. The van der Waals surface area contributed by atoms with Crippen molar-refractivity contribution in [2.24, 2.45) is 0 Å². The molecule has 1 heterocycles. The van der Waals surface area contributed by atoms with Crippen LogP contribution >= 0.6 is 11.3 Å². The molecule has 0 unspecified atom stereocenters. The van der Waals surface area contributed by atoms with Crippen molar-refractivity contribution in [3.05, 3.63) is 52.0 Å². The maximum Gasteiger partial charge on any atom is 0.387 e. The number of aromatic nitrogens is 1. The summed E-state index contributed by atoms with van der Waals surface area (Å²) in [6, 6.07) is 7.66. The van der Waals surface area contributed by atoms with Crippen LogP contribution in [0.1, 0.15) is 21.7 Å². The predicted octanol–water partition coefficient (Wildman–Crippen LogP) is 6.29. The smallest absolute Gasteiger partial charge is 0.387 e. The van der Waals surface area contributed by atoms with Crippen molar-refractivity contribution in [3.8, 4) is 11.5 Å². The molecule has 0 radical (unpaired) electrons. The fraction of sp³-hybridized carbons (Fsp3) is 0.211. The lowest BCUT2D eigenvalue weighted by Gasteiger charge is -2.11. The third-order valence-electron chi connectivity index (χ3n) is 3.85. The molecule has 0 aliphatic heterocycles. The second-order valence-corrected chi connectivity index (χ2v) is 6.81. The first-order valence-corrected chi connectivity index (χ1v) is 8.73. The number of rotatable bonds is 6. The van der Waals surface area contributed by atoms with E-state index in [2.05, 4.69) is 14.5 Å². The van der Waals surface area contributed by atoms with Crippen molar-refractivity contribution in [2.45, 2.75) is 27.1 Å². The van der Waals surface area contributed by atoms with E-state index in [4.69, 9.17) is 0 Å². The number of benzene rings is 2. The Balaban J connectivity index is 1.91. The summed E-state index contributed by atoms with van der Waals surface area (Å²) in [6.45, 7) is -2.13. The van der Waals surface area contributed by atoms with Crippen LogP contribution in [0.15, 0.2) is 30.3 Å². The lowest BCUT2D eigenvalue weighted by Crippen LogP contribution is -2.05. The molecule has 8 heteroatoms. The van der Waals surface area contributed by atoms with E-state index in [1.54, 1.807) is 12.2 Å². The maximum absolute atomic E-state index is 12.6. The van der Waals surface area contributed by atoms with Gasteiger partial charge in [0.05, 0.1) is 10.2 Å². The summed E-state index contributed by atoms with van der Waals surface area (Å²) < 4.78 is 59.5. The molecule has 0 aliphatic carbocycles. The quantitative estimate of drug-likeness (QED) is 0.458. The molecular formula is C19H15F4NO2S. The zero-order valence-corrected chi connectivity index (χ0v) is 15.2. The minimum atomic E-state index is -3.09. The van der Waals surface area contributed by atoms with Gasteiger partial charge in [-0.2, -0.15) is 17.6 Å². The highest BCUT2D eigenvalue weighted by molar-refractivity contribution is 7.19. The van der Waals surface area contributed by atoms with Crippen LogP contribution in [0.5, 0.6) is 11.5 Å². The summed E-state index contributed by atoms with van der Waals surface area (Å²) in [6.07, 6.45) is 3.21. The largest absolute Gasteiger partial charge is 0.435 e. The Morgan fingerprint density at radius 3 is 2.33 bits per heavy atom. The number of hydrogen-bond donors (Lipinski definition) is 0. The Bertz CT molecular complexity index is 946. The van der Waals surface area contributed by atoms with Crippen LogP contribution < -0.4 is 9.47 Å². The Labute approximate surface area is 156 Å². The number of ether oxygens (including phenoxy) is 2. The van der Waals surface area contributed by atoms with Crippen LogP contribution in [0.25, 0.3) is 22.4 Å². The van der Waals surface area contributed by atoms with Crippen LogP contribution in [-0.4, -0.2) is 18.2 Å². The number of nitrogens with zero attached hydrogens (tertiary/aromatic N) is 1. The Hall–Kier alpha value is -2.61. The van der Waals surface area contributed by atoms with Crippen LogP contribution in [0.4, 0.5) is 17.6 Å². The molecule has 0 spiro atoms. The molecule has 0 bridgehead atoms. The van der Waals surface area contributed by atoms with E-state index in [1.165, 1.54) is 23.5 Å². The third kappa shape index (κ3) is 4.77. The monoisotopic (exact) mass is 397 g/mol. The minimum absolute atomic E-state index is 0.257. The zero-order chi connectivity index (χ0) is 19.6. The van der Waals surface area contributed by atoms with Gasteiger partial charge in [0.15, 0.2) is 0 Å². The first-order valence-electron chi connectivity index (χ1n) is 7.91. The lowest BCUT2D eigenvalue weighted by molar-refractivity contribution is -0.0543. The lowest BCUT2D eigenvalue weighted by atomic mass is 10.1. The molecule has 0 N–H and O–H groups in total. The van der Waals surface area contributed by atoms with Crippen molar-refractivity contribution in [3.63, 3.8) is 0 Å². The van der Waals surface area contributed by atoms with Gasteiger partial charge in [-0.1, -0.05) is 0 Å². The number of thiazole rings is 1. The van der Waals surface area contributed by atoms with Crippen molar-refractivity contribution in [1.29, 1.82) is 0 Å². The highest BCUT2D eigenvalue weighted by Gasteiger charge is 2.12. The molecule has 3 nitrogen and oxygen atoms in total. The molecule has 3 aromatic rings. The van der Waals surface area contributed by atoms with E-state index < -0.39 is 13.2 Å². The molecule has 0 saturated carbocycles. The molecule has 2 aromatic carbocycles. The first kappa shape index (κ1) is 19.2. The van der Waals surface area contributed by atoms with Crippen LogP contribution in [0, 0.1) is 13.8 Å². The summed E-state index contributed by atoms with van der Waals surface area (Å²) in [5.74, 6) is -0.518. The maximum atomic E-state index is 12.6. The molecule has 0 atom stereocenters. The van der Waals surface area contributed by atoms with Gasteiger partial charge in [0.1, 0.15) is 16.5 Å². The molecule has 3 rings (SSSR count). The summed E-state index contributed by atoms with van der Waals surface area (Å²) in [7, 11) is 0. The van der Waals surface area contributed by atoms with Crippen molar-refractivity contribution >= 4 is 33.7 Å². The molecule has 142 valence electrons. The molecule has 0 amide bonds. The van der Waals surface area contributed by atoms with Gasteiger partial charge in [-0.3, -0.25) is 0 Å². The van der Waals surface area contributed by atoms with Gasteiger partial charge >= 0.3 is 13.2 Å². The highest BCUT2D eigenvalue weighted by Crippen LogP contribution is 2.30. The molecular weight excluding hydrogens is 382 g/mol. The van der Waals surface area contributed by atoms with Crippen LogP contribution in [0.2, 0.25) is 0 Å². The van der Waals surface area contributed by atoms with E-state index in [9.17, 15) is 17.6 Å². The van der Waals surface area contributed by atoms with Crippen molar-refractivity contribution in [1.82, 2.24) is 4.98 Å². The summed E-state index contributed by atoms with van der Waals surface area (Å²) in [5, 5.41) is 0.686. The van der Waals surface area contributed by atoms with E-state index >= 15 is 0 Å². The number of halogens is 4. The first-order chi connectivity index (χ1) is 12.8. The van der Waals surface area contributed by atoms with Gasteiger partial charge in [-0.15, -0.1) is 11.3 Å². The highest BCUT2D eigenvalue weighted by atomic mass is 32.1. The Morgan fingerprint density at radius 2 is 1.63 bits per heavy atom. The Morgan fingerprint density at radius 1 is 0.926 bits per heavy atom. The second-order valence-electron chi connectivity index (χ2n) is 5.75. The average Bonchev–Trinajstić information content (AvgIpc) is 2.95. The molecule has 0 fully saturated rings. The second kappa shape index (κ2) is 7.96. The topological polar surface area (TPSA) is 31.4 Å². The third-order valence-corrected chi connectivity index (χ3v) is 4.84. The van der Waals surface area contributed by atoms with E-state index in [0.29, 0.717) is 10.6 Å². The van der Waals surface area contributed by atoms with Crippen LogP contribution in [0.3, 0.4) is 0 Å². The van der Waals surface area contributed by atoms with Gasteiger partial charge in [0, 0.05) is 11.6 Å². The average molecular weight is 397 g/mol. The van der Waals surface area contributed by atoms with Gasteiger partial charge in [0.25, 0.3) is 0 Å². The number of fused-ring (bicyclic) bond motifs is 1. The van der Waals surface area contributed by atoms with Crippen molar-refractivity contribution in [2.75, 3.05) is 0 Å². The molecule has 0 saturated heterocycles. The predicted molar refractivity (Wildman–Crippen MR) is 97.7 cm³/mol. The molecule has 1 aromatic heterocycles. The standard InChI is InChI=1S/C19H15F4NO2S/c1-10-7-14-16(8-11(10)2)27-17(24-14)6-4-12-3-5-13(25-18(20)21)9-15(12)26-19(22)23/h3-9,18-19H,1-2H3/b6-4+.